The third-order valence-corrected chi connectivity index (χ3v) is 6.31. The fourth-order valence-electron chi connectivity index (χ4n) is 5.43. The van der Waals surface area contributed by atoms with Crippen molar-refractivity contribution < 1.29 is 4.79 Å². The average molecular weight is 319 g/mol. The number of halogens is 1. The minimum atomic E-state index is -0.0644. The second kappa shape index (κ2) is 5.23. The van der Waals surface area contributed by atoms with Crippen molar-refractivity contribution in [2.45, 2.75) is 52.0 Å². The van der Waals surface area contributed by atoms with Crippen LogP contribution in [0.15, 0.2) is 12.3 Å². The summed E-state index contributed by atoms with van der Waals surface area (Å²) in [6.07, 6.45) is 12.8. The van der Waals surface area contributed by atoms with Crippen LogP contribution in [0.4, 0.5) is 0 Å². The highest BCUT2D eigenvalue weighted by Gasteiger charge is 2.53. The molecule has 118 valence electrons. The minimum Gasteiger partial charge on any atom is -0.294 e. The fraction of sp³-hybridized carbons (Fsp3) is 0.667. The Labute approximate surface area is 136 Å². The summed E-state index contributed by atoms with van der Waals surface area (Å²) in [4.78, 5) is 12.9. The van der Waals surface area contributed by atoms with Crippen molar-refractivity contribution in [3.63, 3.8) is 0 Å². The Hall–Kier alpha value is -1.09. The van der Waals surface area contributed by atoms with Gasteiger partial charge in [-0.05, 0) is 75.4 Å². The van der Waals surface area contributed by atoms with E-state index < -0.39 is 0 Å². The maximum Gasteiger partial charge on any atom is 0.161 e. The molecule has 3 nitrogen and oxygen atoms in total. The van der Waals surface area contributed by atoms with Crippen molar-refractivity contribution in [2.75, 3.05) is 0 Å². The number of hydrogen-bond donors (Lipinski definition) is 0. The van der Waals surface area contributed by atoms with E-state index in [0.29, 0.717) is 16.5 Å². The van der Waals surface area contributed by atoms with Crippen LogP contribution >= 0.6 is 11.6 Å². The van der Waals surface area contributed by atoms with Gasteiger partial charge in [-0.2, -0.15) is 5.10 Å². The predicted octanol–water partition coefficient (Wildman–Crippen LogP) is 4.36. The molecule has 5 rings (SSSR count). The number of carbonyl (C=O) groups excluding carboxylic acids is 1. The lowest BCUT2D eigenvalue weighted by Gasteiger charge is -2.55. The zero-order valence-corrected chi connectivity index (χ0v) is 13.9. The molecule has 4 aliphatic rings. The Morgan fingerprint density at radius 1 is 1.32 bits per heavy atom. The van der Waals surface area contributed by atoms with Crippen molar-refractivity contribution in [2.24, 2.45) is 23.2 Å². The molecule has 0 saturated heterocycles. The molecule has 1 aromatic heterocycles. The van der Waals surface area contributed by atoms with E-state index in [2.05, 4.69) is 5.10 Å². The number of rotatable bonds is 4. The standard InChI is InChI=1S/C18H23ClN2O/c1-2-21-11-15(19)16(20-21)3-4-17(22)18-8-12-5-13(9-18)7-14(6-12)10-18/h3-4,11-14H,2,5-10H2,1H3/b4-3+. The Kier molecular flexibility index (Phi) is 3.44. The molecule has 0 unspecified atom stereocenters. The van der Waals surface area contributed by atoms with Gasteiger partial charge >= 0.3 is 0 Å². The highest BCUT2D eigenvalue weighted by Crippen LogP contribution is 2.60. The van der Waals surface area contributed by atoms with Gasteiger partial charge in [0, 0.05) is 18.2 Å². The second-order valence-electron chi connectivity index (χ2n) is 7.61. The molecule has 0 aliphatic heterocycles. The molecule has 1 heterocycles. The van der Waals surface area contributed by atoms with Crippen LogP contribution in [0, 0.1) is 23.2 Å². The number of aromatic nitrogens is 2. The predicted molar refractivity (Wildman–Crippen MR) is 87.6 cm³/mol. The number of nitrogens with zero attached hydrogens (tertiary/aromatic N) is 2. The van der Waals surface area contributed by atoms with Gasteiger partial charge in [-0.15, -0.1) is 0 Å². The summed E-state index contributed by atoms with van der Waals surface area (Å²) < 4.78 is 1.80. The van der Waals surface area contributed by atoms with Gasteiger partial charge in [0.25, 0.3) is 0 Å². The lowest BCUT2D eigenvalue weighted by atomic mass is 9.48. The van der Waals surface area contributed by atoms with Crippen LogP contribution in [0.5, 0.6) is 0 Å². The van der Waals surface area contributed by atoms with Crippen LogP contribution in [-0.4, -0.2) is 15.6 Å². The third kappa shape index (κ3) is 2.34. The van der Waals surface area contributed by atoms with Gasteiger partial charge in [-0.1, -0.05) is 11.6 Å². The average Bonchev–Trinajstić information content (AvgIpc) is 2.83. The van der Waals surface area contributed by atoms with Crippen LogP contribution in [0.2, 0.25) is 5.02 Å². The molecular formula is C18H23ClN2O. The van der Waals surface area contributed by atoms with Crippen LogP contribution in [0.3, 0.4) is 0 Å². The number of carbonyl (C=O) groups is 1. The Bertz CT molecular complexity index is 596. The molecule has 4 fully saturated rings. The zero-order valence-electron chi connectivity index (χ0n) is 13.1. The first-order chi connectivity index (χ1) is 10.6. The second-order valence-corrected chi connectivity index (χ2v) is 8.02. The number of ketones is 1. The summed E-state index contributed by atoms with van der Waals surface area (Å²) in [5.74, 6) is 2.71. The molecule has 0 radical (unpaired) electrons. The van der Waals surface area contributed by atoms with E-state index in [9.17, 15) is 4.79 Å². The van der Waals surface area contributed by atoms with Gasteiger partial charge in [-0.25, -0.2) is 0 Å². The summed E-state index contributed by atoms with van der Waals surface area (Å²) in [7, 11) is 0. The molecule has 0 N–H and O–H groups in total. The smallest absolute Gasteiger partial charge is 0.161 e. The molecule has 22 heavy (non-hydrogen) atoms. The van der Waals surface area contributed by atoms with Crippen LogP contribution in [0.25, 0.3) is 6.08 Å². The lowest BCUT2D eigenvalue weighted by Crippen LogP contribution is -2.49. The van der Waals surface area contributed by atoms with Gasteiger partial charge in [0.05, 0.1) is 5.02 Å². The third-order valence-electron chi connectivity index (χ3n) is 6.02. The molecular weight excluding hydrogens is 296 g/mol. The Morgan fingerprint density at radius 2 is 1.91 bits per heavy atom. The van der Waals surface area contributed by atoms with Gasteiger partial charge < -0.3 is 0 Å². The van der Waals surface area contributed by atoms with Gasteiger partial charge in [0.15, 0.2) is 5.78 Å². The highest BCUT2D eigenvalue weighted by atomic mass is 35.5. The molecule has 0 spiro atoms. The van der Waals surface area contributed by atoms with E-state index >= 15 is 0 Å². The van der Waals surface area contributed by atoms with Crippen LogP contribution in [-0.2, 0) is 11.3 Å². The molecule has 4 aliphatic carbocycles. The molecule has 0 atom stereocenters. The van der Waals surface area contributed by atoms with Crippen molar-refractivity contribution in [3.05, 3.63) is 23.0 Å². The van der Waals surface area contributed by atoms with Crippen molar-refractivity contribution >= 4 is 23.5 Å². The van der Waals surface area contributed by atoms with E-state index in [-0.39, 0.29) is 5.41 Å². The number of hydrogen-bond acceptors (Lipinski definition) is 2. The highest BCUT2D eigenvalue weighted by molar-refractivity contribution is 6.31. The van der Waals surface area contributed by atoms with Crippen molar-refractivity contribution in [1.29, 1.82) is 0 Å². The molecule has 0 aromatic carbocycles. The molecule has 4 saturated carbocycles. The van der Waals surface area contributed by atoms with E-state index in [4.69, 9.17) is 11.6 Å². The largest absolute Gasteiger partial charge is 0.294 e. The van der Waals surface area contributed by atoms with Crippen molar-refractivity contribution in [1.82, 2.24) is 9.78 Å². The Morgan fingerprint density at radius 3 is 2.41 bits per heavy atom. The maximum atomic E-state index is 12.9. The summed E-state index contributed by atoms with van der Waals surface area (Å²) >= 11 is 6.18. The van der Waals surface area contributed by atoms with Crippen LogP contribution in [0.1, 0.15) is 51.1 Å². The number of aryl methyl sites for hydroxylation is 1. The summed E-state index contributed by atoms with van der Waals surface area (Å²) in [5, 5.41) is 5.01. The van der Waals surface area contributed by atoms with Crippen LogP contribution < -0.4 is 0 Å². The normalized spacial score (nSPS) is 36.4. The van der Waals surface area contributed by atoms with Gasteiger partial charge in [-0.3, -0.25) is 9.48 Å². The molecule has 4 heteroatoms. The van der Waals surface area contributed by atoms with Crippen molar-refractivity contribution in [3.8, 4) is 0 Å². The van der Waals surface area contributed by atoms with E-state index in [1.807, 2.05) is 19.2 Å². The number of allylic oxidation sites excluding steroid dienone is 1. The van der Waals surface area contributed by atoms with E-state index in [1.54, 1.807) is 10.8 Å². The van der Waals surface area contributed by atoms with E-state index in [0.717, 1.165) is 43.6 Å². The van der Waals surface area contributed by atoms with E-state index in [1.165, 1.54) is 19.3 Å². The van der Waals surface area contributed by atoms with Gasteiger partial charge in [0.2, 0.25) is 0 Å². The fourth-order valence-corrected chi connectivity index (χ4v) is 5.64. The quantitative estimate of drug-likeness (QED) is 0.773. The molecule has 4 bridgehead atoms. The SMILES string of the molecule is CCn1cc(Cl)c(/C=C/C(=O)C23CC4CC(CC(C4)C2)C3)n1. The Balaban J connectivity index is 1.54. The topological polar surface area (TPSA) is 34.9 Å². The zero-order chi connectivity index (χ0) is 15.3. The first kappa shape index (κ1) is 14.5. The maximum absolute atomic E-state index is 12.9. The first-order valence-electron chi connectivity index (χ1n) is 8.53. The molecule has 1 aromatic rings. The minimum absolute atomic E-state index is 0.0644. The summed E-state index contributed by atoms with van der Waals surface area (Å²) in [5.41, 5.74) is 0.645. The molecule has 0 amide bonds. The monoisotopic (exact) mass is 318 g/mol. The first-order valence-corrected chi connectivity index (χ1v) is 8.91. The lowest BCUT2D eigenvalue weighted by molar-refractivity contribution is -0.138. The summed E-state index contributed by atoms with van der Waals surface area (Å²) in [6.45, 7) is 2.81. The summed E-state index contributed by atoms with van der Waals surface area (Å²) in [6, 6.07) is 0. The van der Waals surface area contributed by atoms with Gasteiger partial charge in [0.1, 0.15) is 5.69 Å².